The molecule has 156 valence electrons. The zero-order valence-electron chi connectivity index (χ0n) is 16.4. The van der Waals surface area contributed by atoms with Crippen molar-refractivity contribution in [3.63, 3.8) is 0 Å². The number of hydrogen-bond donors (Lipinski definition) is 2. The summed E-state index contributed by atoms with van der Waals surface area (Å²) in [6, 6.07) is 20.1. The lowest BCUT2D eigenvalue weighted by Gasteiger charge is -2.26. The van der Waals surface area contributed by atoms with E-state index in [1.165, 1.54) is 4.31 Å². The fraction of sp³-hybridized carbons (Fsp3) is 0.227. The molecule has 0 spiro atoms. The second kappa shape index (κ2) is 8.83. The maximum absolute atomic E-state index is 12.8. The Morgan fingerprint density at radius 3 is 2.53 bits per heavy atom. The molecule has 3 aromatic carbocycles. The van der Waals surface area contributed by atoms with Gasteiger partial charge in [-0.25, -0.2) is 8.42 Å². The number of rotatable bonds is 6. The third kappa shape index (κ3) is 4.46. The van der Waals surface area contributed by atoms with Crippen LogP contribution in [0.5, 0.6) is 0 Å². The second-order valence-electron chi connectivity index (χ2n) is 6.97. The second-order valence-corrected chi connectivity index (χ2v) is 8.91. The zero-order valence-corrected chi connectivity index (χ0v) is 17.2. The molecule has 0 saturated carbocycles. The van der Waals surface area contributed by atoms with Crippen LogP contribution in [-0.4, -0.2) is 51.5 Å². The Morgan fingerprint density at radius 2 is 1.70 bits per heavy atom. The van der Waals surface area contributed by atoms with E-state index in [2.05, 4.69) is 10.6 Å². The summed E-state index contributed by atoms with van der Waals surface area (Å²) < 4.78 is 32.3. The number of fused-ring (bicyclic) bond motifs is 1. The first-order valence-corrected chi connectivity index (χ1v) is 11.2. The normalized spacial score (nSPS) is 15.1. The minimum Gasteiger partial charge on any atom is -0.379 e. The van der Waals surface area contributed by atoms with E-state index < -0.39 is 10.0 Å². The molecule has 1 aliphatic heterocycles. The number of carbonyl (C=O) groups excluding carboxylic acids is 1. The summed E-state index contributed by atoms with van der Waals surface area (Å²) in [5.41, 5.74) is 1.31. The van der Waals surface area contributed by atoms with Crippen LogP contribution in [0.15, 0.2) is 71.6 Å². The number of amides is 1. The van der Waals surface area contributed by atoms with Gasteiger partial charge < -0.3 is 15.4 Å². The van der Waals surface area contributed by atoms with Gasteiger partial charge in [-0.15, -0.1) is 0 Å². The van der Waals surface area contributed by atoms with Crippen LogP contribution >= 0.6 is 0 Å². The van der Waals surface area contributed by atoms with E-state index in [0.717, 1.165) is 16.5 Å². The smallest absolute Gasteiger partial charge is 0.243 e. The number of nitrogens with one attached hydrogen (secondary N) is 2. The predicted molar refractivity (Wildman–Crippen MR) is 117 cm³/mol. The third-order valence-electron chi connectivity index (χ3n) is 4.96. The van der Waals surface area contributed by atoms with Crippen molar-refractivity contribution in [2.75, 3.05) is 43.5 Å². The zero-order chi connectivity index (χ0) is 21.0. The van der Waals surface area contributed by atoms with Crippen LogP contribution in [0, 0.1) is 0 Å². The summed E-state index contributed by atoms with van der Waals surface area (Å²) in [4.78, 5) is 12.6. The van der Waals surface area contributed by atoms with Gasteiger partial charge in [0.2, 0.25) is 15.9 Å². The van der Waals surface area contributed by atoms with Crippen molar-refractivity contribution in [3.05, 3.63) is 66.7 Å². The van der Waals surface area contributed by atoms with Crippen molar-refractivity contribution in [2.24, 2.45) is 0 Å². The van der Waals surface area contributed by atoms with Gasteiger partial charge >= 0.3 is 0 Å². The van der Waals surface area contributed by atoms with Gasteiger partial charge in [0, 0.05) is 29.9 Å². The van der Waals surface area contributed by atoms with E-state index in [0.29, 0.717) is 32.0 Å². The summed E-state index contributed by atoms with van der Waals surface area (Å²) in [5.74, 6) is -0.215. The molecule has 0 aliphatic carbocycles. The van der Waals surface area contributed by atoms with Crippen LogP contribution < -0.4 is 10.6 Å². The standard InChI is InChI=1S/C22H23N3O4S/c26-22(24-21-10-3-6-17-5-1-2-9-20(17)21)16-23-18-7-4-8-19(15-18)30(27,28)25-11-13-29-14-12-25/h1-10,15,23H,11-14,16H2,(H,24,26). The lowest BCUT2D eigenvalue weighted by Crippen LogP contribution is -2.40. The molecule has 0 unspecified atom stereocenters. The largest absolute Gasteiger partial charge is 0.379 e. The van der Waals surface area contributed by atoms with Gasteiger partial charge in [0.25, 0.3) is 0 Å². The number of nitrogens with zero attached hydrogens (tertiary/aromatic N) is 1. The molecule has 30 heavy (non-hydrogen) atoms. The average molecular weight is 426 g/mol. The molecule has 8 heteroatoms. The molecule has 1 aliphatic rings. The first-order valence-electron chi connectivity index (χ1n) is 9.73. The predicted octanol–water partition coefficient (Wildman–Crippen LogP) is 2.91. The molecular weight excluding hydrogens is 402 g/mol. The fourth-order valence-corrected chi connectivity index (χ4v) is 4.87. The van der Waals surface area contributed by atoms with E-state index in [-0.39, 0.29) is 17.3 Å². The molecule has 2 N–H and O–H groups in total. The monoisotopic (exact) mass is 425 g/mol. The van der Waals surface area contributed by atoms with E-state index in [9.17, 15) is 13.2 Å². The summed E-state index contributed by atoms with van der Waals surface area (Å²) >= 11 is 0. The molecule has 1 amide bonds. The molecule has 7 nitrogen and oxygen atoms in total. The van der Waals surface area contributed by atoms with Gasteiger partial charge in [0.05, 0.1) is 24.7 Å². The fourth-order valence-electron chi connectivity index (χ4n) is 3.41. The first kappa shape index (κ1) is 20.3. The summed E-state index contributed by atoms with van der Waals surface area (Å²) in [6.07, 6.45) is 0. The first-order chi connectivity index (χ1) is 14.5. The van der Waals surface area contributed by atoms with Crippen LogP contribution in [0.1, 0.15) is 0 Å². The van der Waals surface area contributed by atoms with Gasteiger partial charge in [-0.3, -0.25) is 4.79 Å². The number of ether oxygens (including phenoxy) is 1. The van der Waals surface area contributed by atoms with Gasteiger partial charge in [0.15, 0.2) is 0 Å². The van der Waals surface area contributed by atoms with Crippen LogP contribution in [0.25, 0.3) is 10.8 Å². The molecule has 1 heterocycles. The lowest BCUT2D eigenvalue weighted by molar-refractivity contribution is -0.114. The van der Waals surface area contributed by atoms with E-state index >= 15 is 0 Å². The SMILES string of the molecule is O=C(CNc1cccc(S(=O)(=O)N2CCOCC2)c1)Nc1cccc2ccccc12. The third-order valence-corrected chi connectivity index (χ3v) is 6.85. The molecule has 1 fully saturated rings. The Bertz CT molecular complexity index is 1150. The average Bonchev–Trinajstić information content (AvgIpc) is 2.79. The van der Waals surface area contributed by atoms with Crippen LogP contribution in [0.3, 0.4) is 0 Å². The maximum atomic E-state index is 12.8. The molecule has 0 atom stereocenters. The maximum Gasteiger partial charge on any atom is 0.243 e. The van der Waals surface area contributed by atoms with Crippen LogP contribution in [0.4, 0.5) is 11.4 Å². The van der Waals surface area contributed by atoms with Crippen molar-refractivity contribution >= 4 is 38.1 Å². The van der Waals surface area contributed by atoms with E-state index in [1.807, 2.05) is 42.5 Å². The number of anilines is 2. The van der Waals surface area contributed by atoms with Crippen LogP contribution in [0.2, 0.25) is 0 Å². The summed E-state index contributed by atoms with van der Waals surface area (Å²) in [7, 11) is -3.58. The van der Waals surface area contributed by atoms with Gasteiger partial charge in [-0.1, -0.05) is 42.5 Å². The summed E-state index contributed by atoms with van der Waals surface area (Å²) in [6.45, 7) is 1.49. The Hall–Kier alpha value is -2.94. The quantitative estimate of drug-likeness (QED) is 0.634. The molecule has 1 saturated heterocycles. The Kier molecular flexibility index (Phi) is 5.98. The highest BCUT2D eigenvalue weighted by Gasteiger charge is 2.26. The number of benzene rings is 3. The molecular formula is C22H23N3O4S. The molecule has 0 bridgehead atoms. The lowest BCUT2D eigenvalue weighted by atomic mass is 10.1. The number of morpholine rings is 1. The van der Waals surface area contributed by atoms with E-state index in [1.54, 1.807) is 24.3 Å². The molecule has 4 rings (SSSR count). The van der Waals surface area contributed by atoms with Gasteiger partial charge in [-0.05, 0) is 29.7 Å². The van der Waals surface area contributed by atoms with Gasteiger partial charge in [-0.2, -0.15) is 4.31 Å². The number of sulfonamides is 1. The van der Waals surface area contributed by atoms with Crippen molar-refractivity contribution in [1.82, 2.24) is 4.31 Å². The Morgan fingerprint density at radius 1 is 0.967 bits per heavy atom. The van der Waals surface area contributed by atoms with Crippen molar-refractivity contribution in [3.8, 4) is 0 Å². The minimum absolute atomic E-state index is 0.0181. The topological polar surface area (TPSA) is 87.7 Å². The van der Waals surface area contributed by atoms with Crippen molar-refractivity contribution in [2.45, 2.75) is 4.90 Å². The summed E-state index contributed by atoms with van der Waals surface area (Å²) in [5, 5.41) is 7.93. The van der Waals surface area contributed by atoms with Crippen molar-refractivity contribution in [1.29, 1.82) is 0 Å². The number of carbonyl (C=O) groups is 1. The Balaban J connectivity index is 1.42. The number of hydrogen-bond acceptors (Lipinski definition) is 5. The highest BCUT2D eigenvalue weighted by Crippen LogP contribution is 2.23. The van der Waals surface area contributed by atoms with Crippen LogP contribution in [-0.2, 0) is 19.6 Å². The molecule has 0 radical (unpaired) electrons. The minimum atomic E-state index is -3.58. The van der Waals surface area contributed by atoms with Gasteiger partial charge in [0.1, 0.15) is 0 Å². The van der Waals surface area contributed by atoms with Crippen molar-refractivity contribution < 1.29 is 17.9 Å². The highest BCUT2D eigenvalue weighted by atomic mass is 32.2. The Labute approximate surface area is 175 Å². The molecule has 3 aromatic rings. The van der Waals surface area contributed by atoms with E-state index in [4.69, 9.17) is 4.74 Å². The highest BCUT2D eigenvalue weighted by molar-refractivity contribution is 7.89. The molecule has 0 aromatic heterocycles.